The van der Waals surface area contributed by atoms with Gasteiger partial charge < -0.3 is 4.42 Å². The van der Waals surface area contributed by atoms with Gasteiger partial charge in [0.25, 0.3) is 0 Å². The molecule has 0 bridgehead atoms. The first kappa shape index (κ1) is 30.6. The van der Waals surface area contributed by atoms with E-state index in [1.807, 2.05) is 36.4 Å². The van der Waals surface area contributed by atoms with Gasteiger partial charge in [0.1, 0.15) is 16.2 Å². The minimum absolute atomic E-state index is 0.583. The third kappa shape index (κ3) is 5.07. The number of nitrogens with zero attached hydrogens (tertiary/aromatic N) is 4. The summed E-state index contributed by atoms with van der Waals surface area (Å²) >= 11 is 1.69. The smallest absolute Gasteiger partial charge is 0.164 e. The molecule has 0 saturated heterocycles. The van der Waals surface area contributed by atoms with Crippen molar-refractivity contribution in [3.8, 4) is 55.9 Å². The molecule has 11 rings (SSSR count). The fourth-order valence-electron chi connectivity index (χ4n) is 7.59. The molecule has 0 atom stereocenters. The van der Waals surface area contributed by atoms with Crippen LogP contribution in [0.2, 0.25) is 0 Å². The molecule has 252 valence electrons. The van der Waals surface area contributed by atoms with Crippen LogP contribution in [0.4, 0.5) is 0 Å². The molecule has 0 fully saturated rings. The van der Waals surface area contributed by atoms with Gasteiger partial charge >= 0.3 is 0 Å². The predicted molar refractivity (Wildman–Crippen MR) is 222 cm³/mol. The Bertz CT molecular complexity index is 3220. The van der Waals surface area contributed by atoms with Crippen LogP contribution < -0.4 is 0 Å². The molecule has 3 aromatic heterocycles. The average molecular weight is 709 g/mol. The maximum atomic E-state index is 6.53. The molecule has 0 aliphatic rings. The summed E-state index contributed by atoms with van der Waals surface area (Å²) in [5.41, 5.74) is 8.55. The van der Waals surface area contributed by atoms with Crippen molar-refractivity contribution in [1.29, 1.82) is 0 Å². The number of furan rings is 1. The zero-order valence-electron chi connectivity index (χ0n) is 28.8. The number of aromatic nitrogens is 4. The van der Waals surface area contributed by atoms with Crippen LogP contribution in [0.15, 0.2) is 174 Å². The molecule has 8 aromatic carbocycles. The van der Waals surface area contributed by atoms with Gasteiger partial charge in [0.2, 0.25) is 0 Å². The SMILES string of the molecule is c1ccc(-c2cccc(-c3nc(-c4cc5ccccc5c5ccccc45)nc(-c4cccc5oc6cc7nc(-c8ccccc8)sc7cc6c45)n3)c2)cc1. The predicted octanol–water partition coefficient (Wildman–Crippen LogP) is 13.0. The molecule has 0 aliphatic carbocycles. The summed E-state index contributed by atoms with van der Waals surface area (Å²) in [6.07, 6.45) is 0. The molecular weight excluding hydrogens is 681 g/mol. The highest BCUT2D eigenvalue weighted by molar-refractivity contribution is 7.21. The lowest BCUT2D eigenvalue weighted by Crippen LogP contribution is -2.01. The van der Waals surface area contributed by atoms with Crippen molar-refractivity contribution in [2.45, 2.75) is 0 Å². The van der Waals surface area contributed by atoms with Gasteiger partial charge in [0.15, 0.2) is 17.5 Å². The Kier molecular flexibility index (Phi) is 6.97. The number of rotatable bonds is 5. The van der Waals surface area contributed by atoms with Gasteiger partial charge in [-0.05, 0) is 56.9 Å². The van der Waals surface area contributed by atoms with Crippen LogP contribution in [0.25, 0.3) is 110 Å². The number of hydrogen-bond acceptors (Lipinski definition) is 6. The zero-order valence-corrected chi connectivity index (χ0v) is 29.6. The van der Waals surface area contributed by atoms with E-state index in [-0.39, 0.29) is 0 Å². The molecule has 0 amide bonds. The Morgan fingerprint density at radius 1 is 0.389 bits per heavy atom. The molecule has 6 heteroatoms. The van der Waals surface area contributed by atoms with E-state index in [0.29, 0.717) is 17.5 Å². The molecule has 0 spiro atoms. The van der Waals surface area contributed by atoms with Crippen LogP contribution in [0.1, 0.15) is 0 Å². The fraction of sp³-hybridized carbons (Fsp3) is 0. The summed E-state index contributed by atoms with van der Waals surface area (Å²) in [7, 11) is 0. The van der Waals surface area contributed by atoms with E-state index in [2.05, 4.69) is 133 Å². The van der Waals surface area contributed by atoms with Gasteiger partial charge in [-0.15, -0.1) is 11.3 Å². The third-order valence-corrected chi connectivity index (χ3v) is 11.2. The molecule has 0 N–H and O–H groups in total. The van der Waals surface area contributed by atoms with Crippen LogP contribution in [0, 0.1) is 0 Å². The van der Waals surface area contributed by atoms with Gasteiger partial charge in [-0.3, -0.25) is 0 Å². The lowest BCUT2D eigenvalue weighted by atomic mass is 9.96. The molecule has 54 heavy (non-hydrogen) atoms. The van der Waals surface area contributed by atoms with Gasteiger partial charge in [-0.1, -0.05) is 140 Å². The Hall–Kier alpha value is -7.02. The second kappa shape index (κ2) is 12.3. The summed E-state index contributed by atoms with van der Waals surface area (Å²) in [6.45, 7) is 0. The van der Waals surface area contributed by atoms with Crippen LogP contribution in [0.5, 0.6) is 0 Å². The van der Waals surface area contributed by atoms with Gasteiger partial charge in [-0.2, -0.15) is 0 Å². The molecule has 11 aromatic rings. The maximum Gasteiger partial charge on any atom is 0.164 e. The van der Waals surface area contributed by atoms with E-state index in [1.165, 1.54) is 5.39 Å². The average Bonchev–Trinajstić information content (AvgIpc) is 3.83. The van der Waals surface area contributed by atoms with Gasteiger partial charge in [-0.25, -0.2) is 19.9 Å². The van der Waals surface area contributed by atoms with E-state index in [1.54, 1.807) is 11.3 Å². The summed E-state index contributed by atoms with van der Waals surface area (Å²) < 4.78 is 7.63. The standard InChI is InChI=1S/C48H28N4OS/c1-3-13-29(14-4-1)31-18-11-19-33(25-31)45-50-46(52-47(51-45)38-26-32-17-7-8-20-34(32)35-21-9-10-22-36(35)38)37-23-12-24-41-44(37)39-27-43-40(28-42(39)53-41)49-48(54-43)30-15-5-2-6-16-30/h1-28H. The van der Waals surface area contributed by atoms with Crippen LogP contribution in [-0.2, 0) is 0 Å². The molecule has 5 nitrogen and oxygen atoms in total. The highest BCUT2D eigenvalue weighted by Crippen LogP contribution is 2.41. The Labute approximate surface area is 313 Å². The van der Waals surface area contributed by atoms with Crippen molar-refractivity contribution in [3.63, 3.8) is 0 Å². The van der Waals surface area contributed by atoms with Crippen molar-refractivity contribution in [2.24, 2.45) is 0 Å². The number of thiazole rings is 1. The van der Waals surface area contributed by atoms with E-state index in [0.717, 1.165) is 86.7 Å². The largest absolute Gasteiger partial charge is 0.456 e. The molecule has 0 unspecified atom stereocenters. The number of benzene rings is 8. The Morgan fingerprint density at radius 3 is 1.87 bits per heavy atom. The van der Waals surface area contributed by atoms with Crippen molar-refractivity contribution in [2.75, 3.05) is 0 Å². The molecule has 3 heterocycles. The maximum absolute atomic E-state index is 6.53. The number of hydrogen-bond donors (Lipinski definition) is 0. The number of fused-ring (bicyclic) bond motifs is 7. The van der Waals surface area contributed by atoms with E-state index < -0.39 is 0 Å². The normalized spacial score (nSPS) is 11.7. The van der Waals surface area contributed by atoms with E-state index in [9.17, 15) is 0 Å². The van der Waals surface area contributed by atoms with Crippen molar-refractivity contribution in [3.05, 3.63) is 170 Å². The summed E-state index contributed by atoms with van der Waals surface area (Å²) in [5, 5.41) is 7.52. The molecule has 0 radical (unpaired) electrons. The molecular formula is C48H28N4OS. The van der Waals surface area contributed by atoms with Gasteiger partial charge in [0.05, 0.1) is 10.2 Å². The van der Waals surface area contributed by atoms with Crippen molar-refractivity contribution < 1.29 is 4.42 Å². The lowest BCUT2D eigenvalue weighted by Gasteiger charge is -2.13. The highest BCUT2D eigenvalue weighted by Gasteiger charge is 2.21. The minimum Gasteiger partial charge on any atom is -0.456 e. The van der Waals surface area contributed by atoms with Crippen LogP contribution in [0.3, 0.4) is 0 Å². The fourth-order valence-corrected chi connectivity index (χ4v) is 8.58. The summed E-state index contributed by atoms with van der Waals surface area (Å²) in [6, 6.07) is 58.7. The van der Waals surface area contributed by atoms with Crippen LogP contribution in [-0.4, -0.2) is 19.9 Å². The second-order valence-electron chi connectivity index (χ2n) is 13.4. The summed E-state index contributed by atoms with van der Waals surface area (Å²) in [5.74, 6) is 1.80. The third-order valence-electron chi connectivity index (χ3n) is 10.1. The zero-order chi connectivity index (χ0) is 35.6. The quantitative estimate of drug-likeness (QED) is 0.167. The monoisotopic (exact) mass is 708 g/mol. The summed E-state index contributed by atoms with van der Waals surface area (Å²) in [4.78, 5) is 20.8. The van der Waals surface area contributed by atoms with E-state index in [4.69, 9.17) is 24.4 Å². The first-order chi connectivity index (χ1) is 26.7. The molecule has 0 saturated carbocycles. The first-order valence-electron chi connectivity index (χ1n) is 17.9. The first-order valence-corrected chi connectivity index (χ1v) is 18.7. The second-order valence-corrected chi connectivity index (χ2v) is 14.5. The Morgan fingerprint density at radius 2 is 1.04 bits per heavy atom. The minimum atomic E-state index is 0.583. The van der Waals surface area contributed by atoms with E-state index >= 15 is 0 Å². The molecule has 0 aliphatic heterocycles. The Balaban J connectivity index is 1.16. The van der Waals surface area contributed by atoms with Crippen molar-refractivity contribution in [1.82, 2.24) is 19.9 Å². The van der Waals surface area contributed by atoms with Gasteiger partial charge in [0, 0.05) is 39.1 Å². The topological polar surface area (TPSA) is 64.7 Å². The lowest BCUT2D eigenvalue weighted by molar-refractivity contribution is 0.669. The van der Waals surface area contributed by atoms with Crippen LogP contribution >= 0.6 is 11.3 Å². The highest BCUT2D eigenvalue weighted by atomic mass is 32.1. The van der Waals surface area contributed by atoms with Crippen molar-refractivity contribution >= 4 is 65.0 Å².